The highest BCUT2D eigenvalue weighted by Gasteiger charge is 2.19. The Morgan fingerprint density at radius 2 is 2.39 bits per heavy atom. The summed E-state index contributed by atoms with van der Waals surface area (Å²) in [5.74, 6) is 0. The van der Waals surface area contributed by atoms with E-state index in [1.807, 2.05) is 0 Å². The minimum Gasteiger partial charge on any atom is -0.376 e. The molecule has 0 aliphatic carbocycles. The first-order valence-electron chi connectivity index (χ1n) is 5.82. The molecule has 0 saturated carbocycles. The van der Waals surface area contributed by atoms with E-state index in [1.54, 1.807) is 0 Å². The average molecular weight is 316 g/mol. The predicted molar refractivity (Wildman–Crippen MR) is 70.7 cm³/mol. The lowest BCUT2D eigenvalue weighted by Crippen LogP contribution is -2.27. The van der Waals surface area contributed by atoms with E-state index in [0.717, 1.165) is 25.9 Å². The largest absolute Gasteiger partial charge is 0.376 e. The molecule has 0 bridgehead atoms. The normalized spacial score (nSPS) is 19.5. The average Bonchev–Trinajstić information content (AvgIpc) is 2.38. The van der Waals surface area contributed by atoms with E-state index >= 15 is 0 Å². The van der Waals surface area contributed by atoms with Gasteiger partial charge in [-0.3, -0.25) is 15.1 Å². The summed E-state index contributed by atoms with van der Waals surface area (Å²) >= 11 is 3.27. The van der Waals surface area contributed by atoms with Crippen LogP contribution in [0.4, 0.5) is 11.4 Å². The van der Waals surface area contributed by atoms with E-state index in [4.69, 9.17) is 4.74 Å². The first-order valence-corrected chi connectivity index (χ1v) is 6.61. The highest BCUT2D eigenvalue weighted by molar-refractivity contribution is 9.10. The van der Waals surface area contributed by atoms with Gasteiger partial charge in [0.1, 0.15) is 11.9 Å². The van der Waals surface area contributed by atoms with Crippen molar-refractivity contribution in [3.8, 4) is 0 Å². The van der Waals surface area contributed by atoms with Crippen LogP contribution in [-0.2, 0) is 4.74 Å². The molecule has 18 heavy (non-hydrogen) atoms. The van der Waals surface area contributed by atoms with Crippen LogP contribution >= 0.6 is 15.9 Å². The summed E-state index contributed by atoms with van der Waals surface area (Å²) in [7, 11) is 0. The molecule has 7 heteroatoms. The molecule has 1 fully saturated rings. The zero-order chi connectivity index (χ0) is 13.0. The van der Waals surface area contributed by atoms with Gasteiger partial charge < -0.3 is 10.1 Å². The molecular formula is C11H14BrN3O3. The number of nitro groups is 1. The monoisotopic (exact) mass is 315 g/mol. The van der Waals surface area contributed by atoms with E-state index in [2.05, 4.69) is 26.2 Å². The van der Waals surface area contributed by atoms with Gasteiger partial charge in [-0.25, -0.2) is 0 Å². The van der Waals surface area contributed by atoms with Gasteiger partial charge in [0.2, 0.25) is 0 Å². The number of hydrogen-bond donors (Lipinski definition) is 1. The number of nitrogens with one attached hydrogen (secondary N) is 1. The van der Waals surface area contributed by atoms with Crippen molar-refractivity contribution in [1.82, 2.24) is 4.98 Å². The molecule has 2 rings (SSSR count). The fourth-order valence-electron chi connectivity index (χ4n) is 1.92. The van der Waals surface area contributed by atoms with Gasteiger partial charge in [-0.2, -0.15) is 0 Å². The Bertz CT molecular complexity index is 436. The van der Waals surface area contributed by atoms with E-state index in [1.165, 1.54) is 12.4 Å². The van der Waals surface area contributed by atoms with Crippen LogP contribution in [-0.4, -0.2) is 29.2 Å². The predicted octanol–water partition coefficient (Wildman–Crippen LogP) is 2.73. The number of aromatic nitrogens is 1. The SMILES string of the molecule is O=[N+]([O-])c1cncc(Br)c1NCC1CCCCO1. The van der Waals surface area contributed by atoms with Crippen LogP contribution in [0.2, 0.25) is 0 Å². The molecule has 1 aliphatic heterocycles. The first-order chi connectivity index (χ1) is 8.68. The molecule has 1 unspecified atom stereocenters. The molecule has 98 valence electrons. The van der Waals surface area contributed by atoms with Gasteiger partial charge in [-0.05, 0) is 35.2 Å². The van der Waals surface area contributed by atoms with E-state index < -0.39 is 4.92 Å². The molecule has 1 saturated heterocycles. The lowest BCUT2D eigenvalue weighted by molar-refractivity contribution is -0.384. The van der Waals surface area contributed by atoms with Gasteiger partial charge in [0, 0.05) is 19.3 Å². The molecule has 0 amide bonds. The maximum absolute atomic E-state index is 10.9. The van der Waals surface area contributed by atoms with Crippen molar-refractivity contribution in [2.45, 2.75) is 25.4 Å². The fourth-order valence-corrected chi connectivity index (χ4v) is 2.38. The van der Waals surface area contributed by atoms with Crippen LogP contribution < -0.4 is 5.32 Å². The van der Waals surface area contributed by atoms with Crippen LogP contribution in [0.5, 0.6) is 0 Å². The minimum atomic E-state index is -0.443. The number of pyridine rings is 1. The fraction of sp³-hybridized carbons (Fsp3) is 0.545. The lowest BCUT2D eigenvalue weighted by atomic mass is 10.1. The van der Waals surface area contributed by atoms with Crippen LogP contribution in [0.25, 0.3) is 0 Å². The molecule has 1 aromatic rings. The lowest BCUT2D eigenvalue weighted by Gasteiger charge is -2.23. The number of nitrogens with zero attached hydrogens (tertiary/aromatic N) is 2. The second-order valence-corrected chi connectivity index (χ2v) is 5.00. The Morgan fingerprint density at radius 1 is 1.56 bits per heavy atom. The second kappa shape index (κ2) is 6.10. The van der Waals surface area contributed by atoms with Gasteiger partial charge in [0.15, 0.2) is 0 Å². The summed E-state index contributed by atoms with van der Waals surface area (Å²) < 4.78 is 6.17. The summed E-state index contributed by atoms with van der Waals surface area (Å²) in [6.07, 6.45) is 6.13. The summed E-state index contributed by atoms with van der Waals surface area (Å²) in [5, 5.41) is 14.0. The number of hydrogen-bond acceptors (Lipinski definition) is 5. The zero-order valence-corrected chi connectivity index (χ0v) is 11.4. The smallest absolute Gasteiger partial charge is 0.311 e. The quantitative estimate of drug-likeness (QED) is 0.682. The second-order valence-electron chi connectivity index (χ2n) is 4.14. The number of ether oxygens (including phenoxy) is 1. The van der Waals surface area contributed by atoms with E-state index in [-0.39, 0.29) is 11.8 Å². The Balaban J connectivity index is 2.05. The van der Waals surface area contributed by atoms with Crippen molar-refractivity contribution in [2.75, 3.05) is 18.5 Å². The van der Waals surface area contributed by atoms with Gasteiger partial charge in [0.25, 0.3) is 0 Å². The van der Waals surface area contributed by atoms with E-state index in [9.17, 15) is 10.1 Å². The van der Waals surface area contributed by atoms with Crippen molar-refractivity contribution < 1.29 is 9.66 Å². The standard InChI is InChI=1S/C11H14BrN3O3/c12-9-6-13-7-10(15(16)17)11(9)14-5-8-3-1-2-4-18-8/h6-8H,1-5H2,(H,13,14). The summed E-state index contributed by atoms with van der Waals surface area (Å²) in [5.41, 5.74) is 0.435. The Kier molecular flexibility index (Phi) is 4.48. The van der Waals surface area contributed by atoms with Gasteiger partial charge in [-0.15, -0.1) is 0 Å². The maximum atomic E-state index is 10.9. The number of anilines is 1. The van der Waals surface area contributed by atoms with Crippen molar-refractivity contribution in [2.24, 2.45) is 0 Å². The third-order valence-electron chi connectivity index (χ3n) is 2.86. The third-order valence-corrected chi connectivity index (χ3v) is 3.46. The number of rotatable bonds is 4. The Labute approximate surface area is 113 Å². The van der Waals surface area contributed by atoms with Gasteiger partial charge in [0.05, 0.1) is 15.5 Å². The van der Waals surface area contributed by atoms with Crippen molar-refractivity contribution in [3.05, 3.63) is 27.0 Å². The van der Waals surface area contributed by atoms with Gasteiger partial charge in [-0.1, -0.05) is 0 Å². The van der Waals surface area contributed by atoms with Crippen molar-refractivity contribution in [3.63, 3.8) is 0 Å². The highest BCUT2D eigenvalue weighted by Crippen LogP contribution is 2.31. The van der Waals surface area contributed by atoms with Crippen LogP contribution in [0.1, 0.15) is 19.3 Å². The number of halogens is 1. The molecule has 2 heterocycles. The molecule has 1 aliphatic rings. The maximum Gasteiger partial charge on any atom is 0.311 e. The Hall–Kier alpha value is -1.21. The minimum absolute atomic E-state index is 0.0276. The topological polar surface area (TPSA) is 77.3 Å². The van der Waals surface area contributed by atoms with E-state index in [0.29, 0.717) is 16.7 Å². The first kappa shape index (κ1) is 13.2. The molecule has 1 atom stereocenters. The summed E-state index contributed by atoms with van der Waals surface area (Å²) in [4.78, 5) is 14.3. The Morgan fingerprint density at radius 3 is 3.06 bits per heavy atom. The zero-order valence-electron chi connectivity index (χ0n) is 9.76. The van der Waals surface area contributed by atoms with Crippen LogP contribution in [0, 0.1) is 10.1 Å². The summed E-state index contributed by atoms with van der Waals surface area (Å²) in [6, 6.07) is 0. The van der Waals surface area contributed by atoms with Gasteiger partial charge >= 0.3 is 5.69 Å². The van der Waals surface area contributed by atoms with Crippen molar-refractivity contribution in [1.29, 1.82) is 0 Å². The molecule has 1 aromatic heterocycles. The molecular weight excluding hydrogens is 302 g/mol. The molecule has 6 nitrogen and oxygen atoms in total. The summed E-state index contributed by atoms with van der Waals surface area (Å²) in [6.45, 7) is 1.34. The van der Waals surface area contributed by atoms with Crippen LogP contribution in [0.15, 0.2) is 16.9 Å². The molecule has 0 radical (unpaired) electrons. The third kappa shape index (κ3) is 3.17. The molecule has 0 aromatic carbocycles. The highest BCUT2D eigenvalue weighted by atomic mass is 79.9. The molecule has 0 spiro atoms. The van der Waals surface area contributed by atoms with Crippen LogP contribution in [0.3, 0.4) is 0 Å². The van der Waals surface area contributed by atoms with Crippen molar-refractivity contribution >= 4 is 27.3 Å². The molecule has 1 N–H and O–H groups in total.